The first-order valence-electron chi connectivity index (χ1n) is 18.3. The van der Waals surface area contributed by atoms with E-state index >= 15 is 0 Å². The molecular weight excluding hydrogens is 699 g/mol. The fourth-order valence-corrected chi connectivity index (χ4v) is 6.84. The van der Waals surface area contributed by atoms with Crippen molar-refractivity contribution in [3.63, 3.8) is 0 Å². The summed E-state index contributed by atoms with van der Waals surface area (Å²) in [6, 6.07) is 11.7. The maximum Gasteiger partial charge on any atom is 0.326 e. The monoisotopic (exact) mass is 756 g/mol. The zero-order valence-corrected chi connectivity index (χ0v) is 31.8. The second-order valence-electron chi connectivity index (χ2n) is 13.2. The van der Waals surface area contributed by atoms with Gasteiger partial charge in [-0.25, -0.2) is 4.79 Å². The first-order valence-corrected chi connectivity index (χ1v) is 19.7. The lowest BCUT2D eigenvalue weighted by Gasteiger charge is -2.22. The van der Waals surface area contributed by atoms with Gasteiger partial charge in [-0.15, -0.1) is 8.58 Å². The van der Waals surface area contributed by atoms with Crippen LogP contribution in [0.5, 0.6) is 0 Å². The van der Waals surface area contributed by atoms with E-state index in [0.29, 0.717) is 20.7 Å². The Kier molecular flexibility index (Phi) is 20.9. The van der Waals surface area contributed by atoms with Crippen molar-refractivity contribution in [2.45, 2.75) is 109 Å². The van der Waals surface area contributed by atoms with Crippen molar-refractivity contribution in [1.82, 2.24) is 16.0 Å². The molecule has 292 valence electrons. The van der Waals surface area contributed by atoms with Crippen LogP contribution in [0.15, 0.2) is 48.5 Å². The summed E-state index contributed by atoms with van der Waals surface area (Å²) in [5, 5.41) is 29.0. The van der Waals surface area contributed by atoms with Crippen molar-refractivity contribution in [3.8, 4) is 11.1 Å². The zero-order chi connectivity index (χ0) is 39.2. The van der Waals surface area contributed by atoms with Crippen LogP contribution in [0.25, 0.3) is 11.1 Å². The highest BCUT2D eigenvalue weighted by molar-refractivity contribution is 7.38. The van der Waals surface area contributed by atoms with E-state index in [0.717, 1.165) is 41.9 Å². The summed E-state index contributed by atoms with van der Waals surface area (Å²) in [5.74, 6) is -4.19. The molecule has 0 saturated carbocycles. The number of hydrogen-bond acceptors (Lipinski definition) is 8. The summed E-state index contributed by atoms with van der Waals surface area (Å²) in [4.78, 5) is 72.9. The van der Waals surface area contributed by atoms with Crippen molar-refractivity contribution in [3.05, 3.63) is 54.1 Å². The predicted molar refractivity (Wildman–Crippen MR) is 208 cm³/mol. The number of carboxylic acids is 2. The quantitative estimate of drug-likeness (QED) is 0.0514. The van der Waals surface area contributed by atoms with Gasteiger partial charge in [-0.3, -0.25) is 24.0 Å². The van der Waals surface area contributed by atoms with E-state index in [2.05, 4.69) is 28.2 Å². The lowest BCUT2D eigenvalue weighted by molar-refractivity contribution is -0.142. The summed E-state index contributed by atoms with van der Waals surface area (Å²) < 4.78 is 0. The van der Waals surface area contributed by atoms with E-state index in [1.165, 1.54) is 26.2 Å². The Morgan fingerprint density at radius 1 is 0.792 bits per heavy atom. The van der Waals surface area contributed by atoms with Crippen LogP contribution in [-0.4, -0.2) is 88.8 Å². The maximum absolute atomic E-state index is 13.5. The van der Waals surface area contributed by atoms with E-state index in [1.54, 1.807) is 12.1 Å². The topological polar surface area (TPSA) is 243 Å². The zero-order valence-electron chi connectivity index (χ0n) is 30.8. The first-order chi connectivity index (χ1) is 25.3. The molecule has 2 aromatic rings. The molecule has 0 bridgehead atoms. The molecule has 0 heterocycles. The average molecular weight is 757 g/mol. The molecule has 53 heavy (non-hydrogen) atoms. The van der Waals surface area contributed by atoms with E-state index in [9.17, 15) is 33.9 Å². The molecule has 0 saturated heterocycles. The number of anilines is 1. The standard InChI is InChI=1S/C38H57N6O8P/c1-3-4-5-6-11-29(39)24-53-21-19-31(40)36(49)44-33(37(50)41-20-18-32(38(51)52)43-34(46)12-8-13-35(47)48)23-26-9-7-10-28(22-26)27-14-16-30(17-15-27)42-25(2)45/h7,9-10,14-17,22,29,31-33,53H,3-6,8,11-13,18-21,23-24,39-40H2,1-2H3,(H,41,50)(H,42,45)(H,43,46)(H,44,49)(H,47,48)(H,51,52)/t29-,31-,32+,33+/m0/s1. The second kappa shape index (κ2) is 24.8. The van der Waals surface area contributed by atoms with E-state index in [-0.39, 0.29) is 50.6 Å². The predicted octanol–water partition coefficient (Wildman–Crippen LogP) is 3.36. The third-order valence-corrected chi connectivity index (χ3v) is 9.96. The van der Waals surface area contributed by atoms with Gasteiger partial charge in [-0.05, 0) is 66.8 Å². The highest BCUT2D eigenvalue weighted by Gasteiger charge is 2.26. The first kappa shape index (κ1) is 44.8. The summed E-state index contributed by atoms with van der Waals surface area (Å²) in [5.41, 5.74) is 15.7. The number of rotatable bonds is 26. The van der Waals surface area contributed by atoms with Gasteiger partial charge in [0.05, 0.1) is 6.04 Å². The lowest BCUT2D eigenvalue weighted by Crippen LogP contribution is -2.53. The van der Waals surface area contributed by atoms with Crippen molar-refractivity contribution in [1.29, 1.82) is 0 Å². The number of benzene rings is 2. The number of nitrogens with two attached hydrogens (primary N) is 2. The molecule has 2 rings (SSSR count). The SMILES string of the molecule is CCCCCC[C@H](N)CPCC[C@H](N)C(=O)N[C@H](Cc1cccc(-c2ccc(NC(C)=O)cc2)c1)C(=O)NCC[C@@H](NC(=O)CCCC(=O)O)C(=O)O. The number of carboxylic acid groups (broad SMARTS) is 2. The number of aliphatic carboxylic acids is 2. The molecule has 1 unspecified atom stereocenters. The summed E-state index contributed by atoms with van der Waals surface area (Å²) >= 11 is 0. The number of nitrogens with one attached hydrogen (secondary N) is 4. The number of carbonyl (C=O) groups is 6. The minimum Gasteiger partial charge on any atom is -0.481 e. The van der Waals surface area contributed by atoms with Crippen LogP contribution < -0.4 is 32.7 Å². The molecule has 0 aromatic heterocycles. The van der Waals surface area contributed by atoms with Crippen molar-refractivity contribution < 1.29 is 39.0 Å². The lowest BCUT2D eigenvalue weighted by atomic mass is 9.98. The number of amides is 4. The van der Waals surface area contributed by atoms with E-state index in [4.69, 9.17) is 16.6 Å². The van der Waals surface area contributed by atoms with Gasteiger partial charge in [0.15, 0.2) is 0 Å². The molecule has 0 spiro atoms. The number of carbonyl (C=O) groups excluding carboxylic acids is 4. The maximum atomic E-state index is 13.5. The summed E-state index contributed by atoms with van der Waals surface area (Å²) in [6.45, 7) is 3.48. The molecule has 5 atom stereocenters. The summed E-state index contributed by atoms with van der Waals surface area (Å²) in [7, 11) is 0.564. The molecule has 0 fully saturated rings. The second-order valence-corrected chi connectivity index (χ2v) is 14.6. The van der Waals surface area contributed by atoms with Crippen LogP contribution in [0.3, 0.4) is 0 Å². The minimum atomic E-state index is -1.31. The molecule has 0 aliphatic heterocycles. The summed E-state index contributed by atoms with van der Waals surface area (Å²) in [6.07, 6.45) is 7.33. The minimum absolute atomic E-state index is 0.0600. The number of hydrogen-bond donors (Lipinski definition) is 8. The van der Waals surface area contributed by atoms with Crippen LogP contribution in [0, 0.1) is 0 Å². The van der Waals surface area contributed by atoms with Crippen molar-refractivity contribution in [2.24, 2.45) is 11.5 Å². The van der Waals surface area contributed by atoms with Crippen LogP contribution in [0.1, 0.15) is 83.6 Å². The van der Waals surface area contributed by atoms with Crippen molar-refractivity contribution >= 4 is 49.8 Å². The van der Waals surface area contributed by atoms with E-state index < -0.39 is 47.8 Å². The van der Waals surface area contributed by atoms with Crippen LogP contribution in [0.2, 0.25) is 0 Å². The molecule has 14 nitrogen and oxygen atoms in total. The molecule has 2 aromatic carbocycles. The Morgan fingerprint density at radius 3 is 2.19 bits per heavy atom. The van der Waals surface area contributed by atoms with Gasteiger partial charge in [0.1, 0.15) is 12.1 Å². The van der Waals surface area contributed by atoms with Crippen LogP contribution in [0.4, 0.5) is 5.69 Å². The largest absolute Gasteiger partial charge is 0.481 e. The smallest absolute Gasteiger partial charge is 0.326 e. The van der Waals surface area contributed by atoms with Gasteiger partial charge in [-0.2, -0.15) is 0 Å². The molecule has 0 aliphatic carbocycles. The van der Waals surface area contributed by atoms with Gasteiger partial charge in [0.2, 0.25) is 23.6 Å². The molecule has 0 radical (unpaired) electrons. The van der Waals surface area contributed by atoms with Gasteiger partial charge in [0.25, 0.3) is 0 Å². The Hall–Kier alpha value is -4.39. The van der Waals surface area contributed by atoms with Crippen LogP contribution in [-0.2, 0) is 35.2 Å². The molecule has 15 heteroatoms. The molecule has 4 amide bonds. The Labute approximate surface area is 313 Å². The highest BCUT2D eigenvalue weighted by Crippen LogP contribution is 2.23. The fraction of sp³-hybridized carbons (Fsp3) is 0.526. The molecule has 10 N–H and O–H groups in total. The Bertz CT molecular complexity index is 1490. The van der Waals surface area contributed by atoms with Gasteiger partial charge < -0.3 is 42.9 Å². The molecule has 0 aliphatic rings. The van der Waals surface area contributed by atoms with Crippen molar-refractivity contribution in [2.75, 3.05) is 24.2 Å². The number of unbranched alkanes of at least 4 members (excludes halogenated alkanes) is 3. The highest BCUT2D eigenvalue weighted by atomic mass is 31.1. The normalized spacial score (nSPS) is 13.4. The third-order valence-electron chi connectivity index (χ3n) is 8.50. The van der Waals surface area contributed by atoms with E-state index in [1.807, 2.05) is 36.4 Å². The Morgan fingerprint density at radius 2 is 1.53 bits per heavy atom. The fourth-order valence-electron chi connectivity index (χ4n) is 5.55. The molecular formula is C38H57N6O8P. The average Bonchev–Trinajstić information content (AvgIpc) is 3.11. The van der Waals surface area contributed by atoms with Crippen LogP contribution >= 0.6 is 8.58 Å². The van der Waals surface area contributed by atoms with Gasteiger partial charge >= 0.3 is 11.9 Å². The Balaban J connectivity index is 2.09. The van der Waals surface area contributed by atoms with Gasteiger partial charge in [0, 0.05) is 44.5 Å². The third kappa shape index (κ3) is 18.8. The van der Waals surface area contributed by atoms with Gasteiger partial charge in [-0.1, -0.05) is 69.0 Å².